The topological polar surface area (TPSA) is 59.0 Å². The molecule has 2 saturated heterocycles. The standard InChI is InChI=1S/C20H28N4O2S.HI/c1-21-20(24-11-13-26-17(14-24)16-7-5-12-25-16)22-10-4-9-19-23-15-6-2-3-8-18(15)27-19;/h2-3,6,8,16-17H,4-5,7,9-14H2,1H3,(H,21,22);1H. The summed E-state index contributed by atoms with van der Waals surface area (Å²) in [6.07, 6.45) is 4.67. The van der Waals surface area contributed by atoms with Crippen LogP contribution in [0.15, 0.2) is 29.3 Å². The number of morpholine rings is 1. The van der Waals surface area contributed by atoms with Crippen molar-refractivity contribution in [3.8, 4) is 0 Å². The van der Waals surface area contributed by atoms with Gasteiger partial charge in [-0.05, 0) is 31.4 Å². The second-order valence-electron chi connectivity index (χ2n) is 7.06. The van der Waals surface area contributed by atoms with Crippen molar-refractivity contribution in [2.24, 2.45) is 4.99 Å². The molecule has 1 aromatic carbocycles. The van der Waals surface area contributed by atoms with E-state index in [-0.39, 0.29) is 36.2 Å². The molecule has 2 aliphatic heterocycles. The predicted octanol–water partition coefficient (Wildman–Crippen LogP) is 3.30. The van der Waals surface area contributed by atoms with Crippen LogP contribution in [-0.4, -0.2) is 67.9 Å². The predicted molar refractivity (Wildman–Crippen MR) is 125 cm³/mol. The number of aliphatic imine (C=N–C) groups is 1. The highest BCUT2D eigenvalue weighted by atomic mass is 127. The highest BCUT2D eigenvalue weighted by Gasteiger charge is 2.32. The van der Waals surface area contributed by atoms with Crippen LogP contribution in [-0.2, 0) is 15.9 Å². The smallest absolute Gasteiger partial charge is 0.193 e. The maximum absolute atomic E-state index is 5.94. The van der Waals surface area contributed by atoms with Crippen molar-refractivity contribution < 1.29 is 9.47 Å². The Morgan fingerprint density at radius 3 is 2.93 bits per heavy atom. The second-order valence-corrected chi connectivity index (χ2v) is 8.17. The van der Waals surface area contributed by atoms with Gasteiger partial charge in [-0.1, -0.05) is 12.1 Å². The summed E-state index contributed by atoms with van der Waals surface area (Å²) in [5.74, 6) is 0.964. The summed E-state index contributed by atoms with van der Waals surface area (Å²) in [7, 11) is 1.85. The Labute approximate surface area is 187 Å². The van der Waals surface area contributed by atoms with E-state index in [1.807, 2.05) is 13.1 Å². The number of benzene rings is 1. The summed E-state index contributed by atoms with van der Waals surface area (Å²) in [6, 6.07) is 8.34. The van der Waals surface area contributed by atoms with E-state index in [0.29, 0.717) is 0 Å². The third-order valence-corrected chi connectivity index (χ3v) is 6.27. The van der Waals surface area contributed by atoms with E-state index < -0.39 is 0 Å². The molecule has 0 saturated carbocycles. The van der Waals surface area contributed by atoms with Crippen LogP contribution in [0.3, 0.4) is 0 Å². The molecule has 1 N–H and O–H groups in total. The number of fused-ring (bicyclic) bond motifs is 1. The second kappa shape index (κ2) is 10.7. The summed E-state index contributed by atoms with van der Waals surface area (Å²) in [4.78, 5) is 11.5. The van der Waals surface area contributed by atoms with Crippen molar-refractivity contribution in [3.63, 3.8) is 0 Å². The molecule has 3 heterocycles. The summed E-state index contributed by atoms with van der Waals surface area (Å²) >= 11 is 1.79. The van der Waals surface area contributed by atoms with Gasteiger partial charge in [0.25, 0.3) is 0 Å². The van der Waals surface area contributed by atoms with E-state index in [4.69, 9.17) is 14.5 Å². The SMILES string of the molecule is CN=C(NCCCc1nc2ccccc2s1)N1CCOC(C2CCCO2)C1.I. The first kappa shape index (κ1) is 21.7. The molecule has 1 aromatic heterocycles. The van der Waals surface area contributed by atoms with Crippen molar-refractivity contribution in [3.05, 3.63) is 29.3 Å². The van der Waals surface area contributed by atoms with Gasteiger partial charge in [0.05, 0.1) is 27.9 Å². The number of guanidine groups is 1. The molecule has 2 fully saturated rings. The molecule has 2 aliphatic rings. The van der Waals surface area contributed by atoms with Gasteiger partial charge in [-0.25, -0.2) is 4.98 Å². The Kier molecular flexibility index (Phi) is 8.31. The lowest BCUT2D eigenvalue weighted by Gasteiger charge is -2.37. The first-order valence-electron chi connectivity index (χ1n) is 9.87. The minimum absolute atomic E-state index is 0. The monoisotopic (exact) mass is 516 g/mol. The van der Waals surface area contributed by atoms with Crippen LogP contribution in [0.25, 0.3) is 10.2 Å². The molecule has 0 amide bonds. The summed E-state index contributed by atoms with van der Waals surface area (Å²) in [5, 5.41) is 4.72. The molecular formula is C20H29IN4O2S. The number of para-hydroxylation sites is 1. The quantitative estimate of drug-likeness (QED) is 0.286. The number of aryl methyl sites for hydroxylation is 1. The molecule has 2 unspecified atom stereocenters. The summed E-state index contributed by atoms with van der Waals surface area (Å²) in [6.45, 7) is 4.22. The van der Waals surface area contributed by atoms with E-state index in [2.05, 4.69) is 33.4 Å². The minimum atomic E-state index is 0. The van der Waals surface area contributed by atoms with E-state index in [1.165, 1.54) is 9.71 Å². The molecule has 2 aromatic rings. The van der Waals surface area contributed by atoms with Gasteiger partial charge < -0.3 is 19.7 Å². The van der Waals surface area contributed by atoms with Crippen LogP contribution < -0.4 is 5.32 Å². The molecule has 0 aliphatic carbocycles. The lowest BCUT2D eigenvalue weighted by Crippen LogP contribution is -2.53. The Balaban J connectivity index is 0.00000225. The van der Waals surface area contributed by atoms with Gasteiger partial charge in [0.2, 0.25) is 0 Å². The molecule has 8 heteroatoms. The van der Waals surface area contributed by atoms with E-state index in [1.54, 1.807) is 11.3 Å². The van der Waals surface area contributed by atoms with Gasteiger partial charge in [-0.3, -0.25) is 4.99 Å². The molecule has 0 radical (unpaired) electrons. The lowest BCUT2D eigenvalue weighted by molar-refractivity contribution is -0.0816. The number of nitrogens with one attached hydrogen (secondary N) is 1. The van der Waals surface area contributed by atoms with Crippen LogP contribution in [0.5, 0.6) is 0 Å². The largest absolute Gasteiger partial charge is 0.375 e. The molecule has 4 rings (SSSR count). The van der Waals surface area contributed by atoms with Crippen LogP contribution >= 0.6 is 35.3 Å². The first-order chi connectivity index (χ1) is 13.3. The number of thiazole rings is 1. The van der Waals surface area contributed by atoms with Gasteiger partial charge in [0, 0.05) is 39.7 Å². The minimum Gasteiger partial charge on any atom is -0.375 e. The highest BCUT2D eigenvalue weighted by molar-refractivity contribution is 14.0. The zero-order valence-corrected chi connectivity index (χ0v) is 19.4. The maximum Gasteiger partial charge on any atom is 0.193 e. The highest BCUT2D eigenvalue weighted by Crippen LogP contribution is 2.23. The van der Waals surface area contributed by atoms with Gasteiger partial charge in [0.1, 0.15) is 6.10 Å². The van der Waals surface area contributed by atoms with Crippen molar-refractivity contribution >= 4 is 51.5 Å². The Bertz CT molecular complexity index is 745. The van der Waals surface area contributed by atoms with Crippen LogP contribution in [0.2, 0.25) is 0 Å². The number of hydrogen-bond donors (Lipinski definition) is 1. The van der Waals surface area contributed by atoms with Gasteiger partial charge >= 0.3 is 0 Å². The van der Waals surface area contributed by atoms with Crippen molar-refractivity contribution in [1.82, 2.24) is 15.2 Å². The summed E-state index contributed by atoms with van der Waals surface area (Å²) < 4.78 is 13.0. The van der Waals surface area contributed by atoms with Gasteiger partial charge in [-0.2, -0.15) is 0 Å². The fraction of sp³-hybridized carbons (Fsp3) is 0.600. The zero-order chi connectivity index (χ0) is 18.5. The molecular weight excluding hydrogens is 487 g/mol. The average Bonchev–Trinajstić information content (AvgIpc) is 3.38. The molecule has 0 bridgehead atoms. The number of hydrogen-bond acceptors (Lipinski definition) is 5. The Morgan fingerprint density at radius 2 is 2.14 bits per heavy atom. The number of aromatic nitrogens is 1. The van der Waals surface area contributed by atoms with E-state index in [0.717, 1.165) is 70.0 Å². The maximum atomic E-state index is 5.94. The average molecular weight is 516 g/mol. The normalized spacial score (nSPS) is 23.0. The fourth-order valence-corrected chi connectivity index (χ4v) is 4.80. The zero-order valence-electron chi connectivity index (χ0n) is 16.3. The van der Waals surface area contributed by atoms with E-state index >= 15 is 0 Å². The molecule has 6 nitrogen and oxygen atoms in total. The Hall–Kier alpha value is -0.970. The van der Waals surface area contributed by atoms with Gasteiger partial charge in [0.15, 0.2) is 5.96 Å². The summed E-state index contributed by atoms with van der Waals surface area (Å²) in [5.41, 5.74) is 1.11. The van der Waals surface area contributed by atoms with Crippen molar-refractivity contribution in [2.75, 3.05) is 39.9 Å². The third kappa shape index (κ3) is 5.34. The Morgan fingerprint density at radius 1 is 1.29 bits per heavy atom. The van der Waals surface area contributed by atoms with Crippen LogP contribution in [0.1, 0.15) is 24.3 Å². The molecule has 2 atom stereocenters. The third-order valence-electron chi connectivity index (χ3n) is 5.17. The van der Waals surface area contributed by atoms with E-state index in [9.17, 15) is 0 Å². The van der Waals surface area contributed by atoms with Gasteiger partial charge in [-0.15, -0.1) is 35.3 Å². The fourth-order valence-electron chi connectivity index (χ4n) is 3.79. The van der Waals surface area contributed by atoms with Crippen LogP contribution in [0, 0.1) is 0 Å². The molecule has 154 valence electrons. The van der Waals surface area contributed by atoms with Crippen molar-refractivity contribution in [2.45, 2.75) is 37.9 Å². The molecule has 28 heavy (non-hydrogen) atoms. The first-order valence-corrected chi connectivity index (χ1v) is 10.7. The number of rotatable bonds is 5. The number of nitrogens with zero attached hydrogens (tertiary/aromatic N) is 3. The van der Waals surface area contributed by atoms with Crippen molar-refractivity contribution in [1.29, 1.82) is 0 Å². The molecule has 0 spiro atoms. The van der Waals surface area contributed by atoms with Crippen LogP contribution in [0.4, 0.5) is 0 Å². The number of ether oxygens (including phenoxy) is 2. The lowest BCUT2D eigenvalue weighted by atomic mass is 10.1. The number of halogens is 1.